The van der Waals surface area contributed by atoms with Crippen LogP contribution in [0.4, 0.5) is 0 Å². The van der Waals surface area contributed by atoms with Gasteiger partial charge in [0, 0.05) is 26.2 Å². The Morgan fingerprint density at radius 1 is 1.69 bits per heavy atom. The SMILES string of the molecule is CCN(CCN)C(=O)C1CCCO1. The third kappa shape index (κ3) is 2.67. The zero-order valence-corrected chi connectivity index (χ0v) is 8.16. The molecule has 0 aromatic heterocycles. The van der Waals surface area contributed by atoms with Crippen LogP contribution in [0.3, 0.4) is 0 Å². The first-order valence-corrected chi connectivity index (χ1v) is 4.90. The summed E-state index contributed by atoms with van der Waals surface area (Å²) in [4.78, 5) is 13.5. The van der Waals surface area contributed by atoms with Gasteiger partial charge in [0.1, 0.15) is 6.10 Å². The summed E-state index contributed by atoms with van der Waals surface area (Å²) >= 11 is 0. The fourth-order valence-corrected chi connectivity index (χ4v) is 1.56. The molecule has 13 heavy (non-hydrogen) atoms. The highest BCUT2D eigenvalue weighted by atomic mass is 16.5. The number of likely N-dealkylation sites (N-methyl/N-ethyl adjacent to an activating group) is 1. The van der Waals surface area contributed by atoms with Crippen molar-refractivity contribution in [2.75, 3.05) is 26.2 Å². The van der Waals surface area contributed by atoms with Crippen LogP contribution >= 0.6 is 0 Å². The maximum atomic E-state index is 11.7. The number of amides is 1. The van der Waals surface area contributed by atoms with E-state index in [0.717, 1.165) is 26.0 Å². The van der Waals surface area contributed by atoms with Crippen LogP contribution in [0.5, 0.6) is 0 Å². The summed E-state index contributed by atoms with van der Waals surface area (Å²) in [5.74, 6) is 0.102. The van der Waals surface area contributed by atoms with Gasteiger partial charge >= 0.3 is 0 Å². The summed E-state index contributed by atoms with van der Waals surface area (Å²) in [6.07, 6.45) is 1.66. The minimum absolute atomic E-state index is 0.102. The standard InChI is InChI=1S/C9H18N2O2/c1-2-11(6-5-10)9(12)8-4-3-7-13-8/h8H,2-7,10H2,1H3. The second-order valence-electron chi connectivity index (χ2n) is 3.21. The van der Waals surface area contributed by atoms with E-state index in [4.69, 9.17) is 10.5 Å². The monoisotopic (exact) mass is 186 g/mol. The Bertz CT molecular complexity index is 167. The topological polar surface area (TPSA) is 55.6 Å². The van der Waals surface area contributed by atoms with Crippen molar-refractivity contribution in [3.05, 3.63) is 0 Å². The number of rotatable bonds is 4. The van der Waals surface area contributed by atoms with Gasteiger partial charge in [0.2, 0.25) is 0 Å². The number of nitrogens with zero attached hydrogens (tertiary/aromatic N) is 1. The van der Waals surface area contributed by atoms with Gasteiger partial charge in [0.25, 0.3) is 5.91 Å². The van der Waals surface area contributed by atoms with Gasteiger partial charge < -0.3 is 15.4 Å². The predicted octanol–water partition coefficient (Wildman–Crippen LogP) is -0.0274. The maximum absolute atomic E-state index is 11.7. The number of hydrogen-bond acceptors (Lipinski definition) is 3. The summed E-state index contributed by atoms with van der Waals surface area (Å²) in [5, 5.41) is 0. The average molecular weight is 186 g/mol. The second-order valence-corrected chi connectivity index (χ2v) is 3.21. The quantitative estimate of drug-likeness (QED) is 0.671. The third-order valence-corrected chi connectivity index (χ3v) is 2.30. The van der Waals surface area contributed by atoms with E-state index in [0.29, 0.717) is 13.1 Å². The molecule has 0 saturated carbocycles. The van der Waals surface area contributed by atoms with Crippen molar-refractivity contribution >= 4 is 5.91 Å². The van der Waals surface area contributed by atoms with Crippen molar-refractivity contribution < 1.29 is 9.53 Å². The van der Waals surface area contributed by atoms with Crippen molar-refractivity contribution in [2.24, 2.45) is 5.73 Å². The first-order chi connectivity index (χ1) is 6.29. The molecule has 1 heterocycles. The molecule has 1 amide bonds. The number of carbonyl (C=O) groups excluding carboxylic acids is 1. The molecule has 4 nitrogen and oxygen atoms in total. The Balaban J connectivity index is 2.42. The van der Waals surface area contributed by atoms with Crippen molar-refractivity contribution in [1.29, 1.82) is 0 Å². The van der Waals surface area contributed by atoms with Gasteiger partial charge in [-0.2, -0.15) is 0 Å². The molecule has 0 radical (unpaired) electrons. The fourth-order valence-electron chi connectivity index (χ4n) is 1.56. The lowest BCUT2D eigenvalue weighted by Gasteiger charge is -2.22. The molecule has 2 N–H and O–H groups in total. The summed E-state index contributed by atoms with van der Waals surface area (Å²) in [5.41, 5.74) is 5.41. The van der Waals surface area contributed by atoms with Gasteiger partial charge in [-0.15, -0.1) is 0 Å². The highest BCUT2D eigenvalue weighted by Crippen LogP contribution is 2.14. The Morgan fingerprint density at radius 3 is 2.92 bits per heavy atom. The third-order valence-electron chi connectivity index (χ3n) is 2.30. The molecular formula is C9H18N2O2. The van der Waals surface area contributed by atoms with Crippen LogP contribution in [0.15, 0.2) is 0 Å². The van der Waals surface area contributed by atoms with Crippen LogP contribution in [0.1, 0.15) is 19.8 Å². The first-order valence-electron chi connectivity index (χ1n) is 4.90. The van der Waals surface area contributed by atoms with Crippen molar-refractivity contribution in [1.82, 2.24) is 4.90 Å². The molecule has 4 heteroatoms. The molecule has 1 atom stereocenters. The minimum atomic E-state index is -0.202. The Morgan fingerprint density at radius 2 is 2.46 bits per heavy atom. The molecule has 1 fully saturated rings. The summed E-state index contributed by atoms with van der Waals surface area (Å²) in [6.45, 7) is 4.55. The van der Waals surface area contributed by atoms with Gasteiger partial charge in [0.15, 0.2) is 0 Å². The molecular weight excluding hydrogens is 168 g/mol. The molecule has 0 aliphatic carbocycles. The van der Waals surface area contributed by atoms with Gasteiger partial charge in [-0.3, -0.25) is 4.79 Å². The second kappa shape index (κ2) is 5.19. The minimum Gasteiger partial charge on any atom is -0.368 e. The molecule has 1 saturated heterocycles. The lowest BCUT2D eigenvalue weighted by Crippen LogP contribution is -2.41. The first kappa shape index (κ1) is 10.5. The molecule has 0 aromatic rings. The van der Waals surface area contributed by atoms with E-state index in [1.807, 2.05) is 6.92 Å². The van der Waals surface area contributed by atoms with Crippen LogP contribution in [-0.4, -0.2) is 43.2 Å². The van der Waals surface area contributed by atoms with E-state index in [2.05, 4.69) is 0 Å². The van der Waals surface area contributed by atoms with Crippen LogP contribution in [-0.2, 0) is 9.53 Å². The number of carbonyl (C=O) groups is 1. The lowest BCUT2D eigenvalue weighted by atomic mass is 10.2. The summed E-state index contributed by atoms with van der Waals surface area (Å²) in [6, 6.07) is 0. The molecule has 1 aliphatic rings. The van der Waals surface area contributed by atoms with Gasteiger partial charge in [-0.05, 0) is 19.8 Å². The van der Waals surface area contributed by atoms with Gasteiger partial charge in [0.05, 0.1) is 0 Å². The van der Waals surface area contributed by atoms with E-state index in [-0.39, 0.29) is 12.0 Å². The van der Waals surface area contributed by atoms with E-state index in [1.165, 1.54) is 0 Å². The summed E-state index contributed by atoms with van der Waals surface area (Å²) in [7, 11) is 0. The van der Waals surface area contributed by atoms with Crippen LogP contribution in [0, 0.1) is 0 Å². The van der Waals surface area contributed by atoms with E-state index >= 15 is 0 Å². The number of nitrogens with two attached hydrogens (primary N) is 1. The Hall–Kier alpha value is -0.610. The van der Waals surface area contributed by atoms with Crippen molar-refractivity contribution in [2.45, 2.75) is 25.9 Å². The van der Waals surface area contributed by atoms with Gasteiger partial charge in [-0.1, -0.05) is 0 Å². The molecule has 0 aromatic carbocycles. The van der Waals surface area contributed by atoms with Gasteiger partial charge in [-0.25, -0.2) is 0 Å². The fraction of sp³-hybridized carbons (Fsp3) is 0.889. The molecule has 76 valence electrons. The normalized spacial score (nSPS) is 21.8. The van der Waals surface area contributed by atoms with Crippen LogP contribution < -0.4 is 5.73 Å². The predicted molar refractivity (Wildman–Crippen MR) is 50.3 cm³/mol. The maximum Gasteiger partial charge on any atom is 0.251 e. The molecule has 0 spiro atoms. The van der Waals surface area contributed by atoms with Crippen molar-refractivity contribution in [3.63, 3.8) is 0 Å². The Labute approximate surface area is 79.0 Å². The zero-order chi connectivity index (χ0) is 9.68. The smallest absolute Gasteiger partial charge is 0.251 e. The van der Waals surface area contributed by atoms with E-state index < -0.39 is 0 Å². The van der Waals surface area contributed by atoms with E-state index in [1.54, 1.807) is 4.90 Å². The summed E-state index contributed by atoms with van der Waals surface area (Å²) < 4.78 is 5.31. The molecule has 0 bridgehead atoms. The Kier molecular flexibility index (Phi) is 4.18. The number of hydrogen-bond donors (Lipinski definition) is 1. The highest BCUT2D eigenvalue weighted by molar-refractivity contribution is 5.81. The highest BCUT2D eigenvalue weighted by Gasteiger charge is 2.26. The van der Waals surface area contributed by atoms with Crippen molar-refractivity contribution in [3.8, 4) is 0 Å². The average Bonchev–Trinajstić information content (AvgIpc) is 2.65. The lowest BCUT2D eigenvalue weighted by molar-refractivity contribution is -0.140. The zero-order valence-electron chi connectivity index (χ0n) is 8.16. The van der Waals surface area contributed by atoms with Crippen LogP contribution in [0.25, 0.3) is 0 Å². The largest absolute Gasteiger partial charge is 0.368 e. The molecule has 1 unspecified atom stereocenters. The van der Waals surface area contributed by atoms with Crippen LogP contribution in [0.2, 0.25) is 0 Å². The van der Waals surface area contributed by atoms with E-state index in [9.17, 15) is 4.79 Å². The number of ether oxygens (including phenoxy) is 1. The molecule has 1 aliphatic heterocycles. The molecule has 1 rings (SSSR count).